The Labute approximate surface area is 263 Å². The van der Waals surface area contributed by atoms with E-state index in [4.69, 9.17) is 0 Å². The SMILES string of the molecule is O=C1c2cccc3c(Br)ccc(c23)C(=O)N1N(Cc1cn(Cc2cccc(F)c2)nn1)Cc1cn(Cc2cccc(F)c2)nn1. The number of hydrogen-bond acceptors (Lipinski definition) is 7. The molecule has 10 nitrogen and oxygen atoms in total. The highest BCUT2D eigenvalue weighted by Gasteiger charge is 2.38. The van der Waals surface area contributed by atoms with Gasteiger partial charge in [-0.25, -0.2) is 23.2 Å². The molecule has 1 aliphatic heterocycles. The van der Waals surface area contributed by atoms with E-state index in [-0.39, 0.29) is 37.8 Å². The van der Waals surface area contributed by atoms with Crippen molar-refractivity contribution in [2.45, 2.75) is 26.2 Å². The topological polar surface area (TPSA) is 102 Å². The number of hydrogen-bond donors (Lipinski definition) is 0. The van der Waals surface area contributed by atoms with E-state index in [1.54, 1.807) is 75.3 Å². The summed E-state index contributed by atoms with van der Waals surface area (Å²) in [7, 11) is 0. The minimum absolute atomic E-state index is 0.0270. The van der Waals surface area contributed by atoms with E-state index in [0.29, 0.717) is 39.0 Å². The molecular formula is C32H23BrF2N8O2. The zero-order valence-electron chi connectivity index (χ0n) is 23.5. The molecule has 0 atom stereocenters. The fourth-order valence-electron chi connectivity index (χ4n) is 5.50. The Morgan fingerprint density at radius 2 is 1.22 bits per heavy atom. The van der Waals surface area contributed by atoms with Gasteiger partial charge in [0, 0.05) is 9.86 Å². The average molecular weight is 669 g/mol. The Balaban J connectivity index is 1.21. The van der Waals surface area contributed by atoms with Gasteiger partial charge in [0.25, 0.3) is 11.8 Å². The molecule has 0 aliphatic carbocycles. The van der Waals surface area contributed by atoms with Crippen LogP contribution < -0.4 is 0 Å². The van der Waals surface area contributed by atoms with Crippen LogP contribution >= 0.6 is 15.9 Å². The molecule has 4 aromatic carbocycles. The lowest BCUT2D eigenvalue weighted by Crippen LogP contribution is -2.51. The molecule has 1 aliphatic rings. The predicted molar refractivity (Wildman–Crippen MR) is 162 cm³/mol. The third-order valence-corrected chi connectivity index (χ3v) is 8.14. The fraction of sp³-hybridized carbons (Fsp3) is 0.125. The van der Waals surface area contributed by atoms with Crippen LogP contribution in [0, 0.1) is 11.6 Å². The van der Waals surface area contributed by atoms with Gasteiger partial charge in [0.2, 0.25) is 0 Å². The van der Waals surface area contributed by atoms with Gasteiger partial charge >= 0.3 is 0 Å². The summed E-state index contributed by atoms with van der Waals surface area (Å²) in [5.41, 5.74) is 3.12. The first-order chi connectivity index (χ1) is 21.8. The Morgan fingerprint density at radius 3 is 1.78 bits per heavy atom. The van der Waals surface area contributed by atoms with Gasteiger partial charge in [-0.2, -0.15) is 5.01 Å². The van der Waals surface area contributed by atoms with E-state index >= 15 is 0 Å². The van der Waals surface area contributed by atoms with Gasteiger partial charge in [-0.1, -0.05) is 62.8 Å². The Bertz CT molecular complexity index is 1990. The number of nitrogens with zero attached hydrogens (tertiary/aromatic N) is 8. The van der Waals surface area contributed by atoms with Crippen molar-refractivity contribution in [3.63, 3.8) is 0 Å². The van der Waals surface area contributed by atoms with E-state index in [1.165, 1.54) is 24.3 Å². The third-order valence-electron chi connectivity index (χ3n) is 7.44. The quantitative estimate of drug-likeness (QED) is 0.191. The van der Waals surface area contributed by atoms with Gasteiger partial charge in [-0.05, 0) is 59.0 Å². The summed E-state index contributed by atoms with van der Waals surface area (Å²) in [6, 6.07) is 21.2. The van der Waals surface area contributed by atoms with Crippen molar-refractivity contribution in [2.24, 2.45) is 0 Å². The van der Waals surface area contributed by atoms with Gasteiger partial charge in [0.1, 0.15) is 11.6 Å². The first-order valence-corrected chi connectivity index (χ1v) is 14.7. The summed E-state index contributed by atoms with van der Waals surface area (Å²) in [6.07, 6.45) is 3.37. The van der Waals surface area contributed by atoms with Crippen LogP contribution in [0.3, 0.4) is 0 Å². The largest absolute Gasteiger partial charge is 0.276 e. The minimum atomic E-state index is -0.490. The van der Waals surface area contributed by atoms with Crippen molar-refractivity contribution < 1.29 is 18.4 Å². The average Bonchev–Trinajstić information content (AvgIpc) is 3.65. The first kappa shape index (κ1) is 28.6. The lowest BCUT2D eigenvalue weighted by atomic mass is 9.95. The zero-order chi connectivity index (χ0) is 31.1. The molecule has 0 unspecified atom stereocenters. The number of halogens is 3. The van der Waals surface area contributed by atoms with Crippen molar-refractivity contribution in [1.82, 2.24) is 40.0 Å². The van der Waals surface area contributed by atoms with Crippen LogP contribution in [0.5, 0.6) is 0 Å². The molecule has 7 rings (SSSR count). The Kier molecular flexibility index (Phi) is 7.47. The number of imide groups is 1. The zero-order valence-corrected chi connectivity index (χ0v) is 25.1. The van der Waals surface area contributed by atoms with E-state index in [9.17, 15) is 18.4 Å². The number of carbonyl (C=O) groups is 2. The normalized spacial score (nSPS) is 12.9. The van der Waals surface area contributed by atoms with Crippen molar-refractivity contribution in [1.29, 1.82) is 0 Å². The van der Waals surface area contributed by atoms with E-state index < -0.39 is 11.8 Å². The lowest BCUT2D eigenvalue weighted by molar-refractivity contribution is -0.0130. The van der Waals surface area contributed by atoms with Crippen LogP contribution in [-0.2, 0) is 26.2 Å². The Hall–Kier alpha value is -5.14. The highest BCUT2D eigenvalue weighted by molar-refractivity contribution is 9.10. The summed E-state index contributed by atoms with van der Waals surface area (Å²) in [5.74, 6) is -1.69. The molecule has 45 heavy (non-hydrogen) atoms. The van der Waals surface area contributed by atoms with Gasteiger partial charge in [-0.3, -0.25) is 9.59 Å². The molecule has 0 fully saturated rings. The third kappa shape index (κ3) is 5.75. The summed E-state index contributed by atoms with van der Waals surface area (Å²) in [4.78, 5) is 28.0. The summed E-state index contributed by atoms with van der Waals surface area (Å²) >= 11 is 3.53. The molecule has 224 valence electrons. The molecule has 0 bridgehead atoms. The molecule has 6 aromatic rings. The molecule has 0 spiro atoms. The molecule has 2 aromatic heterocycles. The van der Waals surface area contributed by atoms with E-state index in [1.807, 2.05) is 6.07 Å². The number of carbonyl (C=O) groups excluding carboxylic acids is 2. The molecule has 13 heteroatoms. The highest BCUT2D eigenvalue weighted by Crippen LogP contribution is 2.35. The monoisotopic (exact) mass is 668 g/mol. The van der Waals surface area contributed by atoms with Crippen LogP contribution in [0.1, 0.15) is 43.2 Å². The number of hydrazine groups is 1. The standard InChI is InChI=1S/C32H23BrF2N8O2/c33-29-11-10-28-30-26(29)8-3-9-27(30)31(44)43(32(28)45)42(18-24-16-40(38-36-24)14-20-4-1-6-22(34)12-20)19-25-17-41(39-37-25)15-21-5-2-7-23(35)13-21/h1-13,16-17H,14-15,18-19H2. The first-order valence-electron chi connectivity index (χ1n) is 13.9. The van der Waals surface area contributed by atoms with Gasteiger partial charge in [0.05, 0.1) is 61.1 Å². The van der Waals surface area contributed by atoms with Crippen molar-refractivity contribution in [3.05, 3.63) is 141 Å². The van der Waals surface area contributed by atoms with Crippen LogP contribution in [0.4, 0.5) is 8.78 Å². The molecule has 3 heterocycles. The van der Waals surface area contributed by atoms with Crippen molar-refractivity contribution >= 4 is 38.5 Å². The summed E-state index contributed by atoms with van der Waals surface area (Å²) in [5, 5.41) is 20.9. The van der Waals surface area contributed by atoms with Gasteiger partial charge < -0.3 is 0 Å². The van der Waals surface area contributed by atoms with Crippen LogP contribution in [0.2, 0.25) is 0 Å². The number of rotatable bonds is 9. The molecule has 2 amide bonds. The Morgan fingerprint density at radius 1 is 0.689 bits per heavy atom. The molecule has 0 saturated carbocycles. The maximum absolute atomic E-state index is 14.0. The summed E-state index contributed by atoms with van der Waals surface area (Å²) < 4.78 is 31.4. The van der Waals surface area contributed by atoms with Crippen LogP contribution in [0.25, 0.3) is 10.8 Å². The van der Waals surface area contributed by atoms with E-state index in [2.05, 4.69) is 36.6 Å². The fourth-order valence-corrected chi connectivity index (χ4v) is 5.96. The van der Waals surface area contributed by atoms with E-state index in [0.717, 1.165) is 14.9 Å². The van der Waals surface area contributed by atoms with Crippen molar-refractivity contribution in [3.8, 4) is 0 Å². The number of aromatic nitrogens is 6. The van der Waals surface area contributed by atoms with Crippen LogP contribution in [0.15, 0.2) is 95.7 Å². The van der Waals surface area contributed by atoms with Crippen molar-refractivity contribution in [2.75, 3.05) is 0 Å². The van der Waals surface area contributed by atoms with Crippen LogP contribution in [-0.4, -0.2) is 51.8 Å². The maximum Gasteiger partial charge on any atom is 0.276 e. The lowest BCUT2D eigenvalue weighted by Gasteiger charge is -2.35. The second-order valence-corrected chi connectivity index (χ2v) is 11.5. The maximum atomic E-state index is 14.0. The number of benzene rings is 4. The van der Waals surface area contributed by atoms with Gasteiger partial charge in [-0.15, -0.1) is 10.2 Å². The second-order valence-electron chi connectivity index (χ2n) is 10.6. The minimum Gasteiger partial charge on any atom is -0.267 e. The second kappa shape index (κ2) is 11.7. The molecule has 0 saturated heterocycles. The molecule has 0 radical (unpaired) electrons. The molecule has 0 N–H and O–H groups in total. The highest BCUT2D eigenvalue weighted by atomic mass is 79.9. The number of amides is 2. The smallest absolute Gasteiger partial charge is 0.267 e. The summed E-state index contributed by atoms with van der Waals surface area (Å²) in [6.45, 7) is 0.619. The molecular weight excluding hydrogens is 646 g/mol. The predicted octanol–water partition coefficient (Wildman–Crippen LogP) is 5.37. The van der Waals surface area contributed by atoms with Gasteiger partial charge in [0.15, 0.2) is 0 Å².